The van der Waals surface area contributed by atoms with E-state index < -0.39 is 12.0 Å². The number of benzene rings is 3. The molecule has 0 unspecified atom stereocenters. The van der Waals surface area contributed by atoms with Crippen LogP contribution >= 0.6 is 0 Å². The number of amides is 2. The highest BCUT2D eigenvalue weighted by Gasteiger charge is 2.41. The zero-order valence-corrected chi connectivity index (χ0v) is 25.4. The van der Waals surface area contributed by atoms with Crippen molar-refractivity contribution in [3.63, 3.8) is 0 Å². The summed E-state index contributed by atoms with van der Waals surface area (Å²) in [4.78, 5) is 33.3. The number of hydrogen-bond donors (Lipinski definition) is 1. The van der Waals surface area contributed by atoms with Crippen LogP contribution in [0.4, 0.5) is 5.69 Å². The SMILES string of the molecule is CC(C)Oc1ccc([C@@H]2[C@@H](C(=O)NCc3ccc(-n4ccnc4)cc3)CCC(=O)N2c2ccc(OC3CCCC3)cc2)cc1. The molecule has 8 nitrogen and oxygen atoms in total. The Bertz CT molecular complexity index is 1530. The van der Waals surface area contributed by atoms with Gasteiger partial charge in [0.15, 0.2) is 0 Å². The molecule has 1 aromatic heterocycles. The summed E-state index contributed by atoms with van der Waals surface area (Å²) < 4.78 is 14.0. The second kappa shape index (κ2) is 13.4. The molecule has 3 aromatic carbocycles. The summed E-state index contributed by atoms with van der Waals surface area (Å²) in [5, 5.41) is 3.16. The van der Waals surface area contributed by atoms with Crippen molar-refractivity contribution in [2.24, 2.45) is 5.92 Å². The molecule has 0 spiro atoms. The quantitative estimate of drug-likeness (QED) is 0.219. The summed E-state index contributed by atoms with van der Waals surface area (Å²) in [5.74, 6) is 1.07. The van der Waals surface area contributed by atoms with E-state index in [2.05, 4.69) is 10.3 Å². The Labute approximate surface area is 259 Å². The molecule has 2 fully saturated rings. The van der Waals surface area contributed by atoms with Crippen LogP contribution < -0.4 is 19.7 Å². The zero-order valence-electron chi connectivity index (χ0n) is 25.4. The third-order valence-electron chi connectivity index (χ3n) is 8.45. The number of nitrogens with one attached hydrogen (secondary N) is 1. The lowest BCUT2D eigenvalue weighted by molar-refractivity contribution is -0.129. The molecule has 1 aliphatic heterocycles. The number of hydrogen-bond acceptors (Lipinski definition) is 5. The van der Waals surface area contributed by atoms with Crippen LogP contribution in [-0.2, 0) is 16.1 Å². The van der Waals surface area contributed by atoms with Gasteiger partial charge in [-0.05, 0) is 106 Å². The number of imidazole rings is 1. The number of piperidine rings is 1. The fourth-order valence-corrected chi connectivity index (χ4v) is 6.27. The Morgan fingerprint density at radius 2 is 1.59 bits per heavy atom. The van der Waals surface area contributed by atoms with E-state index in [4.69, 9.17) is 9.47 Å². The van der Waals surface area contributed by atoms with Crippen molar-refractivity contribution in [3.8, 4) is 17.2 Å². The molecule has 6 rings (SSSR count). The standard InChI is InChI=1S/C36H40N4O4/c1-25(2)43-31-15-9-27(10-16-31)35-33(36(42)38-23-26-7-11-28(12-8-26)39-22-21-37-24-39)19-20-34(41)40(35)29-13-17-32(18-14-29)44-30-5-3-4-6-30/h7-18,21-22,24-25,30,33,35H,3-6,19-20,23H2,1-2H3,(H,38,42)/t33-,35+/m0/s1. The summed E-state index contributed by atoms with van der Waals surface area (Å²) >= 11 is 0. The zero-order chi connectivity index (χ0) is 30.5. The maximum absolute atomic E-state index is 13.8. The van der Waals surface area contributed by atoms with Gasteiger partial charge in [-0.2, -0.15) is 0 Å². The van der Waals surface area contributed by atoms with Gasteiger partial charge < -0.3 is 24.3 Å². The monoisotopic (exact) mass is 592 g/mol. The molecule has 2 aliphatic rings. The van der Waals surface area contributed by atoms with Gasteiger partial charge in [0, 0.05) is 36.7 Å². The van der Waals surface area contributed by atoms with Crippen LogP contribution in [0.3, 0.4) is 0 Å². The van der Waals surface area contributed by atoms with E-state index in [1.807, 2.05) is 97.4 Å². The number of carbonyl (C=O) groups excluding carboxylic acids is 2. The number of rotatable bonds is 10. The van der Waals surface area contributed by atoms with Crippen molar-refractivity contribution < 1.29 is 19.1 Å². The first-order chi connectivity index (χ1) is 21.4. The van der Waals surface area contributed by atoms with Crippen molar-refractivity contribution in [1.29, 1.82) is 0 Å². The highest BCUT2D eigenvalue weighted by atomic mass is 16.5. The summed E-state index contributed by atoms with van der Waals surface area (Å²) in [6.07, 6.45) is 11.0. The van der Waals surface area contributed by atoms with Crippen LogP contribution in [0.15, 0.2) is 91.5 Å². The minimum atomic E-state index is -0.463. The van der Waals surface area contributed by atoms with Crippen LogP contribution in [0.1, 0.15) is 69.5 Å². The average molecular weight is 593 g/mol. The van der Waals surface area contributed by atoms with Gasteiger partial charge in [0.25, 0.3) is 0 Å². The van der Waals surface area contributed by atoms with Crippen molar-refractivity contribution in [3.05, 3.63) is 103 Å². The van der Waals surface area contributed by atoms with Gasteiger partial charge in [-0.1, -0.05) is 24.3 Å². The molecule has 2 heterocycles. The van der Waals surface area contributed by atoms with Crippen LogP contribution in [-0.4, -0.2) is 33.6 Å². The van der Waals surface area contributed by atoms with Gasteiger partial charge >= 0.3 is 0 Å². The Morgan fingerprint density at radius 3 is 2.25 bits per heavy atom. The smallest absolute Gasteiger partial charge is 0.227 e. The first kappa shape index (κ1) is 29.5. The predicted octanol–water partition coefficient (Wildman–Crippen LogP) is 6.78. The molecule has 1 aliphatic carbocycles. The second-order valence-corrected chi connectivity index (χ2v) is 12.0. The van der Waals surface area contributed by atoms with E-state index in [1.165, 1.54) is 12.8 Å². The van der Waals surface area contributed by atoms with E-state index in [0.717, 1.165) is 46.8 Å². The number of nitrogens with zero attached hydrogens (tertiary/aromatic N) is 3. The molecule has 2 amide bonds. The predicted molar refractivity (Wildman–Crippen MR) is 170 cm³/mol. The topological polar surface area (TPSA) is 85.7 Å². The number of anilines is 1. The van der Waals surface area contributed by atoms with Gasteiger partial charge in [-0.3, -0.25) is 9.59 Å². The molecule has 1 saturated carbocycles. The Morgan fingerprint density at radius 1 is 0.909 bits per heavy atom. The maximum Gasteiger partial charge on any atom is 0.227 e. The van der Waals surface area contributed by atoms with Gasteiger partial charge in [0.1, 0.15) is 11.5 Å². The van der Waals surface area contributed by atoms with Crippen LogP contribution in [0.25, 0.3) is 5.69 Å². The molecule has 1 N–H and O–H groups in total. The van der Waals surface area contributed by atoms with Gasteiger partial charge in [0.2, 0.25) is 11.8 Å². The summed E-state index contributed by atoms with van der Waals surface area (Å²) in [6, 6.07) is 23.1. The highest BCUT2D eigenvalue weighted by Crippen LogP contribution is 2.41. The van der Waals surface area contributed by atoms with Crippen molar-refractivity contribution in [2.45, 2.75) is 77.2 Å². The molecule has 2 atom stereocenters. The lowest BCUT2D eigenvalue weighted by Crippen LogP contribution is -2.48. The fraction of sp³-hybridized carbons (Fsp3) is 0.361. The molecule has 8 heteroatoms. The second-order valence-electron chi connectivity index (χ2n) is 12.0. The lowest BCUT2D eigenvalue weighted by Gasteiger charge is -2.41. The van der Waals surface area contributed by atoms with E-state index >= 15 is 0 Å². The molecule has 0 radical (unpaired) electrons. The summed E-state index contributed by atoms with van der Waals surface area (Å²) in [5.41, 5.74) is 3.65. The van der Waals surface area contributed by atoms with Gasteiger partial charge in [-0.25, -0.2) is 4.98 Å². The van der Waals surface area contributed by atoms with Gasteiger partial charge in [0.05, 0.1) is 30.5 Å². The first-order valence-electron chi connectivity index (χ1n) is 15.6. The van der Waals surface area contributed by atoms with E-state index in [-0.39, 0.29) is 24.0 Å². The first-order valence-corrected chi connectivity index (χ1v) is 15.6. The molecular formula is C36H40N4O4. The third-order valence-corrected chi connectivity index (χ3v) is 8.45. The Balaban J connectivity index is 1.23. The molecule has 44 heavy (non-hydrogen) atoms. The molecule has 0 bridgehead atoms. The highest BCUT2D eigenvalue weighted by molar-refractivity contribution is 5.97. The minimum Gasteiger partial charge on any atom is -0.491 e. The van der Waals surface area contributed by atoms with Gasteiger partial charge in [-0.15, -0.1) is 0 Å². The van der Waals surface area contributed by atoms with Crippen LogP contribution in [0, 0.1) is 5.92 Å². The van der Waals surface area contributed by atoms with Crippen LogP contribution in [0.2, 0.25) is 0 Å². The number of carbonyl (C=O) groups is 2. The fourth-order valence-electron chi connectivity index (χ4n) is 6.27. The third kappa shape index (κ3) is 6.80. The Kier molecular flexibility index (Phi) is 8.96. The van der Waals surface area contributed by atoms with E-state index in [1.54, 1.807) is 17.4 Å². The Hall–Kier alpha value is -4.59. The largest absolute Gasteiger partial charge is 0.491 e. The summed E-state index contributed by atoms with van der Waals surface area (Å²) in [6.45, 7) is 4.37. The number of aromatic nitrogens is 2. The summed E-state index contributed by atoms with van der Waals surface area (Å²) in [7, 11) is 0. The molecular weight excluding hydrogens is 552 g/mol. The molecule has 1 saturated heterocycles. The van der Waals surface area contributed by atoms with E-state index in [9.17, 15) is 9.59 Å². The maximum atomic E-state index is 13.8. The normalized spacial score (nSPS) is 18.9. The van der Waals surface area contributed by atoms with E-state index in [0.29, 0.717) is 19.4 Å². The molecule has 228 valence electrons. The number of ether oxygens (including phenoxy) is 2. The minimum absolute atomic E-state index is 0.00103. The lowest BCUT2D eigenvalue weighted by atomic mass is 9.83. The van der Waals surface area contributed by atoms with Crippen molar-refractivity contribution in [2.75, 3.05) is 4.90 Å². The van der Waals surface area contributed by atoms with Crippen molar-refractivity contribution >= 4 is 17.5 Å². The van der Waals surface area contributed by atoms with Crippen LogP contribution in [0.5, 0.6) is 11.5 Å². The van der Waals surface area contributed by atoms with Crippen molar-refractivity contribution in [1.82, 2.24) is 14.9 Å². The molecule has 4 aromatic rings. The average Bonchev–Trinajstić information content (AvgIpc) is 3.76.